The molecule has 0 bridgehead atoms. The lowest BCUT2D eigenvalue weighted by Gasteiger charge is -2.14. The van der Waals surface area contributed by atoms with E-state index in [1.165, 1.54) is 0 Å². The number of hydrogen-bond acceptors (Lipinski definition) is 3. The van der Waals surface area contributed by atoms with E-state index in [-0.39, 0.29) is 17.6 Å². The van der Waals surface area contributed by atoms with Gasteiger partial charge in [-0.2, -0.15) is 0 Å². The number of hydrogen-bond donors (Lipinski definition) is 2. The van der Waals surface area contributed by atoms with Gasteiger partial charge in [-0.3, -0.25) is 4.79 Å². The Kier molecular flexibility index (Phi) is 6.19. The first-order valence-electron chi connectivity index (χ1n) is 6.80. The highest BCUT2D eigenvalue weighted by molar-refractivity contribution is 5.76. The summed E-state index contributed by atoms with van der Waals surface area (Å²) in [6.07, 6.45) is 1.30. The number of phenols is 1. The summed E-state index contributed by atoms with van der Waals surface area (Å²) in [4.78, 5) is 11.5. The number of carbonyl (C=O) groups excluding carboxylic acids is 1. The molecule has 0 radical (unpaired) electrons. The fourth-order valence-electron chi connectivity index (χ4n) is 1.91. The maximum Gasteiger partial charge on any atom is 0.220 e. The summed E-state index contributed by atoms with van der Waals surface area (Å²) in [6, 6.07) is 5.27. The van der Waals surface area contributed by atoms with Crippen LogP contribution in [0.2, 0.25) is 0 Å². The molecule has 1 unspecified atom stereocenters. The normalized spacial score (nSPS) is 11.9. The molecular formula is C15H23NO3. The predicted octanol–water partition coefficient (Wildman–Crippen LogP) is 2.81. The van der Waals surface area contributed by atoms with Gasteiger partial charge in [0.25, 0.3) is 0 Å². The lowest BCUT2D eigenvalue weighted by Crippen LogP contribution is -2.23. The van der Waals surface area contributed by atoms with Gasteiger partial charge in [0, 0.05) is 19.0 Å². The van der Waals surface area contributed by atoms with Crippen LogP contribution < -0.4 is 10.1 Å². The van der Waals surface area contributed by atoms with Crippen molar-refractivity contribution in [3.05, 3.63) is 23.8 Å². The van der Waals surface area contributed by atoms with Crippen molar-refractivity contribution in [2.45, 2.75) is 39.5 Å². The van der Waals surface area contributed by atoms with Crippen LogP contribution in [-0.2, 0) is 4.79 Å². The Bertz CT molecular complexity index is 418. The van der Waals surface area contributed by atoms with Crippen LogP contribution in [0.1, 0.15) is 45.1 Å². The number of ether oxygens (including phenoxy) is 1. The molecule has 0 aliphatic carbocycles. The fourth-order valence-corrected chi connectivity index (χ4v) is 1.91. The summed E-state index contributed by atoms with van der Waals surface area (Å²) < 4.78 is 5.45. The standard InChI is InChI=1S/C15H23NO3/c1-4-8-19-12-6-7-13(14(17)10-12)11(3)9-15(18)16-5-2/h6-7,10-11,17H,4-5,8-9H2,1-3H3,(H,16,18). The maximum absolute atomic E-state index is 11.5. The van der Waals surface area contributed by atoms with Crippen molar-refractivity contribution in [1.82, 2.24) is 5.32 Å². The number of carbonyl (C=O) groups is 1. The predicted molar refractivity (Wildman–Crippen MR) is 75.6 cm³/mol. The van der Waals surface area contributed by atoms with Gasteiger partial charge in [0.2, 0.25) is 5.91 Å². The summed E-state index contributed by atoms with van der Waals surface area (Å²) >= 11 is 0. The van der Waals surface area contributed by atoms with Crippen molar-refractivity contribution < 1.29 is 14.6 Å². The molecular weight excluding hydrogens is 242 g/mol. The molecule has 19 heavy (non-hydrogen) atoms. The number of amides is 1. The second kappa shape index (κ2) is 7.67. The number of phenolic OH excluding ortho intramolecular Hbond substituents is 1. The van der Waals surface area contributed by atoms with Gasteiger partial charge in [-0.05, 0) is 30.9 Å². The van der Waals surface area contributed by atoms with Crippen LogP contribution in [0.15, 0.2) is 18.2 Å². The highest BCUT2D eigenvalue weighted by atomic mass is 16.5. The highest BCUT2D eigenvalue weighted by Gasteiger charge is 2.14. The lowest BCUT2D eigenvalue weighted by atomic mass is 9.96. The maximum atomic E-state index is 11.5. The Hall–Kier alpha value is -1.71. The first-order chi connectivity index (χ1) is 9.08. The van der Waals surface area contributed by atoms with Crippen LogP contribution in [0.5, 0.6) is 11.5 Å². The number of aromatic hydroxyl groups is 1. The van der Waals surface area contributed by atoms with E-state index in [2.05, 4.69) is 5.32 Å². The van der Waals surface area contributed by atoms with Crippen molar-refractivity contribution in [2.75, 3.05) is 13.2 Å². The second-order valence-electron chi connectivity index (χ2n) is 4.63. The third-order valence-electron chi connectivity index (χ3n) is 2.87. The van der Waals surface area contributed by atoms with Gasteiger partial charge < -0.3 is 15.2 Å². The lowest BCUT2D eigenvalue weighted by molar-refractivity contribution is -0.121. The zero-order chi connectivity index (χ0) is 14.3. The third kappa shape index (κ3) is 4.81. The van der Waals surface area contributed by atoms with Crippen molar-refractivity contribution in [3.8, 4) is 11.5 Å². The van der Waals surface area contributed by atoms with Gasteiger partial charge in [-0.25, -0.2) is 0 Å². The molecule has 1 atom stereocenters. The zero-order valence-corrected chi connectivity index (χ0v) is 11.9. The fraction of sp³-hybridized carbons (Fsp3) is 0.533. The number of rotatable bonds is 7. The minimum Gasteiger partial charge on any atom is -0.508 e. The van der Waals surface area contributed by atoms with Crippen molar-refractivity contribution in [3.63, 3.8) is 0 Å². The largest absolute Gasteiger partial charge is 0.508 e. The zero-order valence-electron chi connectivity index (χ0n) is 11.9. The van der Waals surface area contributed by atoms with Crippen LogP contribution >= 0.6 is 0 Å². The molecule has 1 aromatic carbocycles. The van der Waals surface area contributed by atoms with Gasteiger partial charge in [-0.1, -0.05) is 19.9 Å². The molecule has 106 valence electrons. The average Bonchev–Trinajstić information content (AvgIpc) is 2.36. The smallest absolute Gasteiger partial charge is 0.220 e. The topological polar surface area (TPSA) is 58.6 Å². The van der Waals surface area contributed by atoms with E-state index in [0.717, 1.165) is 12.0 Å². The Morgan fingerprint density at radius 2 is 2.16 bits per heavy atom. The summed E-state index contributed by atoms with van der Waals surface area (Å²) in [5, 5.41) is 12.8. The van der Waals surface area contributed by atoms with Crippen LogP contribution in [0, 0.1) is 0 Å². The van der Waals surface area contributed by atoms with E-state index in [4.69, 9.17) is 4.74 Å². The first-order valence-corrected chi connectivity index (χ1v) is 6.80. The number of benzene rings is 1. The Balaban J connectivity index is 2.69. The number of nitrogens with one attached hydrogen (secondary N) is 1. The van der Waals surface area contributed by atoms with Gasteiger partial charge in [0.15, 0.2) is 0 Å². The molecule has 0 aromatic heterocycles. The van der Waals surface area contributed by atoms with Gasteiger partial charge in [0.05, 0.1) is 6.61 Å². The van der Waals surface area contributed by atoms with Gasteiger partial charge >= 0.3 is 0 Å². The monoisotopic (exact) mass is 265 g/mol. The minimum atomic E-state index is -0.0215. The van der Waals surface area contributed by atoms with E-state index in [0.29, 0.717) is 25.3 Å². The highest BCUT2D eigenvalue weighted by Crippen LogP contribution is 2.31. The summed E-state index contributed by atoms with van der Waals surface area (Å²) in [5.74, 6) is 0.825. The Morgan fingerprint density at radius 1 is 1.42 bits per heavy atom. The van der Waals surface area contributed by atoms with E-state index in [9.17, 15) is 9.90 Å². The summed E-state index contributed by atoms with van der Waals surface area (Å²) in [7, 11) is 0. The molecule has 0 heterocycles. The van der Waals surface area contributed by atoms with Crippen molar-refractivity contribution in [1.29, 1.82) is 0 Å². The quantitative estimate of drug-likeness (QED) is 0.797. The molecule has 4 nitrogen and oxygen atoms in total. The first kappa shape index (κ1) is 15.3. The average molecular weight is 265 g/mol. The molecule has 4 heteroatoms. The van der Waals surface area contributed by atoms with E-state index in [1.54, 1.807) is 6.07 Å². The van der Waals surface area contributed by atoms with Gasteiger partial charge in [-0.15, -0.1) is 0 Å². The molecule has 1 amide bonds. The van der Waals surface area contributed by atoms with E-state index < -0.39 is 0 Å². The van der Waals surface area contributed by atoms with Gasteiger partial charge in [0.1, 0.15) is 11.5 Å². The molecule has 1 rings (SSSR count). The van der Waals surface area contributed by atoms with Crippen molar-refractivity contribution in [2.24, 2.45) is 0 Å². The van der Waals surface area contributed by atoms with E-state index in [1.807, 2.05) is 32.9 Å². The third-order valence-corrected chi connectivity index (χ3v) is 2.87. The second-order valence-corrected chi connectivity index (χ2v) is 4.63. The minimum absolute atomic E-state index is 0.000657. The molecule has 0 fully saturated rings. The molecule has 0 spiro atoms. The molecule has 0 saturated carbocycles. The molecule has 0 aliphatic rings. The Labute approximate surface area is 114 Å². The van der Waals surface area contributed by atoms with Crippen molar-refractivity contribution >= 4 is 5.91 Å². The summed E-state index contributed by atoms with van der Waals surface area (Å²) in [6.45, 7) is 7.11. The van der Waals surface area contributed by atoms with Crippen LogP contribution in [0.25, 0.3) is 0 Å². The molecule has 0 saturated heterocycles. The molecule has 1 aromatic rings. The van der Waals surface area contributed by atoms with Crippen LogP contribution in [-0.4, -0.2) is 24.2 Å². The molecule has 2 N–H and O–H groups in total. The summed E-state index contributed by atoms with van der Waals surface area (Å²) in [5.41, 5.74) is 0.773. The SMILES string of the molecule is CCCOc1ccc(C(C)CC(=O)NCC)c(O)c1. The van der Waals surface area contributed by atoms with Crippen LogP contribution in [0.3, 0.4) is 0 Å². The Morgan fingerprint density at radius 3 is 2.74 bits per heavy atom. The molecule has 0 aliphatic heterocycles. The van der Waals surface area contributed by atoms with Crippen LogP contribution in [0.4, 0.5) is 0 Å². The van der Waals surface area contributed by atoms with E-state index >= 15 is 0 Å².